The Morgan fingerprint density at radius 1 is 1.13 bits per heavy atom. The number of rotatable bonds is 3. The molecular weight excluding hydrogens is 288 g/mol. The SMILES string of the molecule is Cn1cnc(C(=O)N2C[C@H]3CN(Cc4ccccc4)C[C@@H]3C2)c1. The summed E-state index contributed by atoms with van der Waals surface area (Å²) in [5, 5.41) is 0. The van der Waals surface area contributed by atoms with E-state index in [1.165, 1.54) is 5.56 Å². The van der Waals surface area contributed by atoms with Crippen LogP contribution in [0.15, 0.2) is 42.9 Å². The van der Waals surface area contributed by atoms with Crippen LogP contribution in [-0.4, -0.2) is 51.4 Å². The lowest BCUT2D eigenvalue weighted by atomic mass is 10.0. The highest BCUT2D eigenvalue weighted by atomic mass is 16.2. The topological polar surface area (TPSA) is 41.4 Å². The van der Waals surface area contributed by atoms with E-state index in [2.05, 4.69) is 40.2 Å². The summed E-state index contributed by atoms with van der Waals surface area (Å²) in [6.45, 7) is 4.93. The van der Waals surface area contributed by atoms with Crippen molar-refractivity contribution < 1.29 is 4.79 Å². The van der Waals surface area contributed by atoms with Gasteiger partial charge in [-0.1, -0.05) is 30.3 Å². The van der Waals surface area contributed by atoms with Gasteiger partial charge in [0, 0.05) is 46.0 Å². The quantitative estimate of drug-likeness (QED) is 0.865. The first-order valence-electron chi connectivity index (χ1n) is 8.22. The van der Waals surface area contributed by atoms with Crippen LogP contribution in [0.4, 0.5) is 0 Å². The summed E-state index contributed by atoms with van der Waals surface area (Å²) >= 11 is 0. The van der Waals surface area contributed by atoms with Crippen LogP contribution in [0.25, 0.3) is 0 Å². The van der Waals surface area contributed by atoms with Gasteiger partial charge in [0.2, 0.25) is 0 Å². The Hall–Kier alpha value is -2.14. The molecule has 0 spiro atoms. The number of aryl methyl sites for hydroxylation is 1. The standard InChI is InChI=1S/C18H22N4O/c1-20-12-17(19-13-20)18(23)22-10-15-8-21(9-16(15)11-22)7-14-5-3-2-4-6-14/h2-6,12-13,15-16H,7-11H2,1H3/t15-,16-/m1/s1. The molecule has 0 radical (unpaired) electrons. The Morgan fingerprint density at radius 2 is 1.83 bits per heavy atom. The minimum Gasteiger partial charge on any atom is -0.340 e. The summed E-state index contributed by atoms with van der Waals surface area (Å²) in [4.78, 5) is 21.2. The van der Waals surface area contributed by atoms with Crippen molar-refractivity contribution in [3.63, 3.8) is 0 Å². The molecule has 2 aromatic rings. The first-order chi connectivity index (χ1) is 11.2. The van der Waals surface area contributed by atoms with Gasteiger partial charge in [-0.05, 0) is 17.4 Å². The number of fused-ring (bicyclic) bond motifs is 1. The Kier molecular flexibility index (Phi) is 3.65. The number of hydrogen-bond acceptors (Lipinski definition) is 3. The van der Waals surface area contributed by atoms with Crippen LogP contribution in [0.3, 0.4) is 0 Å². The minimum atomic E-state index is 0.0783. The number of aromatic nitrogens is 2. The molecule has 2 fully saturated rings. The van der Waals surface area contributed by atoms with Crippen LogP contribution in [-0.2, 0) is 13.6 Å². The summed E-state index contributed by atoms with van der Waals surface area (Å²) in [5.74, 6) is 1.28. The fourth-order valence-corrected chi connectivity index (χ4v) is 3.91. The van der Waals surface area contributed by atoms with E-state index in [0.717, 1.165) is 32.7 Å². The van der Waals surface area contributed by atoms with Crippen LogP contribution < -0.4 is 0 Å². The second-order valence-electron chi connectivity index (χ2n) is 6.83. The van der Waals surface area contributed by atoms with Crippen LogP contribution in [0.1, 0.15) is 16.1 Å². The largest absolute Gasteiger partial charge is 0.340 e. The van der Waals surface area contributed by atoms with E-state index >= 15 is 0 Å². The Balaban J connectivity index is 1.36. The predicted molar refractivity (Wildman–Crippen MR) is 87.8 cm³/mol. The van der Waals surface area contributed by atoms with Crippen LogP contribution in [0, 0.1) is 11.8 Å². The minimum absolute atomic E-state index is 0.0783. The molecule has 1 aromatic heterocycles. The van der Waals surface area contributed by atoms with Crippen molar-refractivity contribution >= 4 is 5.91 Å². The zero-order valence-corrected chi connectivity index (χ0v) is 13.4. The molecule has 0 unspecified atom stereocenters. The maximum absolute atomic E-state index is 12.5. The number of likely N-dealkylation sites (tertiary alicyclic amines) is 2. The summed E-state index contributed by atoms with van der Waals surface area (Å²) in [5.41, 5.74) is 1.93. The molecule has 2 aliphatic heterocycles. The van der Waals surface area contributed by atoms with E-state index in [0.29, 0.717) is 17.5 Å². The van der Waals surface area contributed by atoms with E-state index in [1.807, 2.05) is 16.5 Å². The van der Waals surface area contributed by atoms with Crippen molar-refractivity contribution in [2.45, 2.75) is 6.54 Å². The first kappa shape index (κ1) is 14.5. The van der Waals surface area contributed by atoms with Crippen molar-refractivity contribution in [2.24, 2.45) is 18.9 Å². The van der Waals surface area contributed by atoms with Gasteiger partial charge in [0.25, 0.3) is 5.91 Å². The molecule has 0 bridgehead atoms. The lowest BCUT2D eigenvalue weighted by Crippen LogP contribution is -2.33. The Bertz CT molecular complexity index is 682. The summed E-state index contributed by atoms with van der Waals surface area (Å²) < 4.78 is 1.83. The Morgan fingerprint density at radius 3 is 2.43 bits per heavy atom. The number of amides is 1. The van der Waals surface area contributed by atoms with E-state index in [-0.39, 0.29) is 5.91 Å². The lowest BCUT2D eigenvalue weighted by molar-refractivity contribution is 0.0768. The van der Waals surface area contributed by atoms with Gasteiger partial charge in [-0.25, -0.2) is 4.98 Å². The van der Waals surface area contributed by atoms with Crippen molar-refractivity contribution in [2.75, 3.05) is 26.2 Å². The monoisotopic (exact) mass is 310 g/mol. The van der Waals surface area contributed by atoms with E-state index in [9.17, 15) is 4.79 Å². The highest BCUT2D eigenvalue weighted by Crippen LogP contribution is 2.32. The molecule has 5 heteroatoms. The highest BCUT2D eigenvalue weighted by Gasteiger charge is 2.41. The van der Waals surface area contributed by atoms with Crippen molar-refractivity contribution in [3.8, 4) is 0 Å². The smallest absolute Gasteiger partial charge is 0.274 e. The first-order valence-corrected chi connectivity index (χ1v) is 8.22. The average molecular weight is 310 g/mol. The lowest BCUT2D eigenvalue weighted by Gasteiger charge is -2.21. The van der Waals surface area contributed by atoms with Crippen molar-refractivity contribution in [1.29, 1.82) is 0 Å². The third-order valence-corrected chi connectivity index (χ3v) is 5.02. The van der Waals surface area contributed by atoms with Crippen LogP contribution in [0.5, 0.6) is 0 Å². The second-order valence-corrected chi connectivity index (χ2v) is 6.83. The zero-order chi connectivity index (χ0) is 15.8. The maximum Gasteiger partial charge on any atom is 0.274 e. The maximum atomic E-state index is 12.5. The molecule has 1 aromatic carbocycles. The molecule has 23 heavy (non-hydrogen) atoms. The van der Waals surface area contributed by atoms with Crippen molar-refractivity contribution in [3.05, 3.63) is 54.1 Å². The Labute approximate surface area is 136 Å². The van der Waals surface area contributed by atoms with Gasteiger partial charge in [0.05, 0.1) is 6.33 Å². The predicted octanol–water partition coefficient (Wildman–Crippen LogP) is 1.62. The number of carbonyl (C=O) groups is 1. The zero-order valence-electron chi connectivity index (χ0n) is 13.4. The molecule has 120 valence electrons. The van der Waals surface area contributed by atoms with Gasteiger partial charge < -0.3 is 9.47 Å². The van der Waals surface area contributed by atoms with Gasteiger partial charge in [-0.15, -0.1) is 0 Å². The molecular formula is C18H22N4O. The number of benzene rings is 1. The summed E-state index contributed by atoms with van der Waals surface area (Å²) in [7, 11) is 1.89. The molecule has 4 rings (SSSR count). The number of nitrogens with zero attached hydrogens (tertiary/aromatic N) is 4. The van der Waals surface area contributed by atoms with Gasteiger partial charge in [0.15, 0.2) is 0 Å². The van der Waals surface area contributed by atoms with Gasteiger partial charge >= 0.3 is 0 Å². The van der Waals surface area contributed by atoms with Gasteiger partial charge in [0.1, 0.15) is 5.69 Å². The molecule has 2 aliphatic rings. The summed E-state index contributed by atoms with van der Waals surface area (Å²) in [6, 6.07) is 10.6. The normalized spacial score (nSPS) is 24.1. The molecule has 2 saturated heterocycles. The third kappa shape index (κ3) is 2.88. The second kappa shape index (κ2) is 5.81. The summed E-state index contributed by atoms with van der Waals surface area (Å²) in [6.07, 6.45) is 3.49. The van der Waals surface area contributed by atoms with Crippen LogP contribution >= 0.6 is 0 Å². The highest BCUT2D eigenvalue weighted by molar-refractivity contribution is 5.92. The van der Waals surface area contributed by atoms with Gasteiger partial charge in [-0.2, -0.15) is 0 Å². The number of imidazole rings is 1. The molecule has 2 atom stereocenters. The van der Waals surface area contributed by atoms with E-state index in [1.54, 1.807) is 12.5 Å². The fraction of sp³-hybridized carbons (Fsp3) is 0.444. The van der Waals surface area contributed by atoms with Crippen LogP contribution in [0.2, 0.25) is 0 Å². The molecule has 3 heterocycles. The molecule has 0 aliphatic carbocycles. The molecule has 0 saturated carbocycles. The average Bonchev–Trinajstić information content (AvgIpc) is 3.22. The van der Waals surface area contributed by atoms with Crippen molar-refractivity contribution in [1.82, 2.24) is 19.4 Å². The van der Waals surface area contributed by atoms with Gasteiger partial charge in [-0.3, -0.25) is 9.69 Å². The van der Waals surface area contributed by atoms with E-state index < -0.39 is 0 Å². The molecule has 5 nitrogen and oxygen atoms in total. The fourth-order valence-electron chi connectivity index (χ4n) is 3.91. The molecule has 0 N–H and O–H groups in total. The number of hydrogen-bond donors (Lipinski definition) is 0. The van der Waals surface area contributed by atoms with E-state index in [4.69, 9.17) is 0 Å². The number of carbonyl (C=O) groups excluding carboxylic acids is 1. The third-order valence-electron chi connectivity index (χ3n) is 5.02. The molecule has 1 amide bonds.